The number of halogens is 2. The fourth-order valence-electron chi connectivity index (χ4n) is 1.48. The molecule has 0 aliphatic carbocycles. The lowest BCUT2D eigenvalue weighted by molar-refractivity contribution is 0.211. The van der Waals surface area contributed by atoms with Gasteiger partial charge in [0.15, 0.2) is 11.6 Å². The summed E-state index contributed by atoms with van der Waals surface area (Å²) in [5.74, 6) is -3.54. The maximum absolute atomic E-state index is 13.6. The fraction of sp³-hybridized carbons (Fsp3) is 0.455. The summed E-state index contributed by atoms with van der Waals surface area (Å²) < 4.78 is 49.0. The lowest BCUT2D eigenvalue weighted by Crippen LogP contribution is -2.17. The van der Waals surface area contributed by atoms with E-state index in [1.165, 1.54) is 12.1 Å². The molecule has 1 aromatic rings. The molecule has 1 aromatic carbocycles. The van der Waals surface area contributed by atoms with E-state index in [1.807, 2.05) is 0 Å². The monoisotopic (exact) mass is 279 g/mol. The van der Waals surface area contributed by atoms with Crippen molar-refractivity contribution in [1.82, 2.24) is 0 Å². The van der Waals surface area contributed by atoms with Crippen molar-refractivity contribution in [1.29, 1.82) is 0 Å². The van der Waals surface area contributed by atoms with Gasteiger partial charge < -0.3 is 14.8 Å². The second-order valence-corrected chi connectivity index (χ2v) is 5.62. The van der Waals surface area contributed by atoms with E-state index in [1.54, 1.807) is 13.8 Å². The molecule has 1 atom stereocenters. The Kier molecular flexibility index (Phi) is 5.41. The van der Waals surface area contributed by atoms with Gasteiger partial charge in [0, 0.05) is 5.56 Å². The van der Waals surface area contributed by atoms with Crippen molar-refractivity contribution in [2.75, 3.05) is 13.2 Å². The molecule has 2 N–H and O–H groups in total. The number of rotatable bonds is 6. The molecule has 0 unspecified atom stereocenters. The maximum Gasteiger partial charge on any atom is 0.351 e. The summed E-state index contributed by atoms with van der Waals surface area (Å²) in [6.07, 6.45) is 0. The van der Waals surface area contributed by atoms with Crippen LogP contribution in [0.3, 0.4) is 0 Å². The summed E-state index contributed by atoms with van der Waals surface area (Å²) >= 11 is 0. The van der Waals surface area contributed by atoms with E-state index in [4.69, 9.17) is 14.8 Å². The molecule has 4 nitrogen and oxygen atoms in total. The summed E-state index contributed by atoms with van der Waals surface area (Å²) in [6.45, 7) is 3.42. The first-order valence-electron chi connectivity index (χ1n) is 5.54. The molecular weight excluding hydrogens is 263 g/mol. The fourth-order valence-corrected chi connectivity index (χ4v) is 3.13. The molecule has 0 aliphatic heterocycles. The highest BCUT2D eigenvalue weighted by molar-refractivity contribution is 7.54. The maximum atomic E-state index is 13.6. The van der Waals surface area contributed by atoms with E-state index in [-0.39, 0.29) is 18.8 Å². The van der Waals surface area contributed by atoms with Gasteiger partial charge in [-0.15, -0.1) is 0 Å². The highest BCUT2D eigenvalue weighted by Gasteiger charge is 2.36. The predicted molar refractivity (Wildman–Crippen MR) is 64.1 cm³/mol. The minimum atomic E-state index is -3.71. The quantitative estimate of drug-likeness (QED) is 0.812. The Labute approximate surface area is 105 Å². The van der Waals surface area contributed by atoms with Crippen molar-refractivity contribution in [2.45, 2.75) is 19.6 Å². The van der Waals surface area contributed by atoms with Crippen molar-refractivity contribution >= 4 is 7.60 Å². The minimum absolute atomic E-state index is 0.0991. The topological polar surface area (TPSA) is 61.5 Å². The van der Waals surface area contributed by atoms with Gasteiger partial charge in [0.25, 0.3) is 0 Å². The predicted octanol–water partition coefficient (Wildman–Crippen LogP) is 3.19. The van der Waals surface area contributed by atoms with Crippen molar-refractivity contribution in [3.63, 3.8) is 0 Å². The molecule has 0 amide bonds. The average Bonchev–Trinajstić information content (AvgIpc) is 2.32. The van der Waals surface area contributed by atoms with E-state index >= 15 is 0 Å². The molecule has 1 rings (SSSR count). The van der Waals surface area contributed by atoms with Crippen molar-refractivity contribution in [3.8, 4) is 0 Å². The molecule has 102 valence electrons. The highest BCUT2D eigenvalue weighted by atomic mass is 31.2. The zero-order valence-electron chi connectivity index (χ0n) is 10.2. The van der Waals surface area contributed by atoms with Crippen LogP contribution >= 0.6 is 7.60 Å². The van der Waals surface area contributed by atoms with Crippen LogP contribution in [0.15, 0.2) is 18.2 Å². The van der Waals surface area contributed by atoms with Crippen molar-refractivity contribution in [2.24, 2.45) is 5.73 Å². The Morgan fingerprint density at radius 1 is 1.28 bits per heavy atom. The molecule has 18 heavy (non-hydrogen) atoms. The third-order valence-electron chi connectivity index (χ3n) is 2.26. The second-order valence-electron chi connectivity index (χ2n) is 3.46. The summed E-state index contributed by atoms with van der Waals surface area (Å²) in [5.41, 5.74) is 5.47. The van der Waals surface area contributed by atoms with Gasteiger partial charge in [-0.1, -0.05) is 12.1 Å². The molecule has 0 saturated carbocycles. The third-order valence-corrected chi connectivity index (χ3v) is 4.45. The molecule has 0 spiro atoms. The highest BCUT2D eigenvalue weighted by Crippen LogP contribution is 2.58. The first kappa shape index (κ1) is 15.2. The van der Waals surface area contributed by atoms with E-state index < -0.39 is 25.0 Å². The van der Waals surface area contributed by atoms with Gasteiger partial charge in [0.05, 0.1) is 13.2 Å². The van der Waals surface area contributed by atoms with E-state index in [0.29, 0.717) is 0 Å². The van der Waals surface area contributed by atoms with Crippen LogP contribution in [0.4, 0.5) is 8.78 Å². The molecule has 7 heteroatoms. The van der Waals surface area contributed by atoms with E-state index in [2.05, 4.69) is 0 Å². The smallest absolute Gasteiger partial charge is 0.314 e. The number of benzene rings is 1. The largest absolute Gasteiger partial charge is 0.351 e. The molecule has 0 aliphatic rings. The van der Waals surface area contributed by atoms with Gasteiger partial charge in [-0.05, 0) is 19.9 Å². The van der Waals surface area contributed by atoms with Gasteiger partial charge in [0.1, 0.15) is 5.78 Å². The average molecular weight is 279 g/mol. The lowest BCUT2D eigenvalue weighted by atomic mass is 10.2. The van der Waals surface area contributed by atoms with Gasteiger partial charge in [-0.25, -0.2) is 8.78 Å². The summed E-state index contributed by atoms with van der Waals surface area (Å²) in [6, 6.07) is 3.50. The second kappa shape index (κ2) is 6.38. The molecule has 0 heterocycles. The van der Waals surface area contributed by atoms with Crippen LogP contribution in [0.25, 0.3) is 0 Å². The Balaban J connectivity index is 3.13. The number of hydrogen-bond donors (Lipinski definition) is 1. The van der Waals surface area contributed by atoms with Crippen LogP contribution in [0.5, 0.6) is 0 Å². The standard InChI is InChI=1S/C11H16F2NO3P/c1-3-16-18(15,17-4-2)11(14)8-6-5-7-9(12)10(8)13/h5-7,11H,3-4,14H2,1-2H3/t11-/m1/s1. The van der Waals surface area contributed by atoms with Crippen LogP contribution in [0.1, 0.15) is 25.2 Å². The number of hydrogen-bond acceptors (Lipinski definition) is 4. The zero-order chi connectivity index (χ0) is 13.8. The van der Waals surface area contributed by atoms with Crippen LogP contribution in [-0.2, 0) is 13.6 Å². The Bertz CT molecular complexity index is 446. The van der Waals surface area contributed by atoms with Crippen LogP contribution in [0, 0.1) is 11.6 Å². The van der Waals surface area contributed by atoms with Crippen LogP contribution in [-0.4, -0.2) is 13.2 Å². The minimum Gasteiger partial charge on any atom is -0.314 e. The SMILES string of the molecule is CCOP(=O)(OCC)[C@@H](N)c1cccc(F)c1F. The molecular formula is C11H16F2NO3P. The lowest BCUT2D eigenvalue weighted by Gasteiger charge is -2.23. The van der Waals surface area contributed by atoms with Crippen molar-refractivity contribution < 1.29 is 22.4 Å². The molecule has 0 fully saturated rings. The Morgan fingerprint density at radius 3 is 2.33 bits per heavy atom. The number of nitrogens with two attached hydrogens (primary N) is 1. The molecule has 0 saturated heterocycles. The normalized spacial score (nSPS) is 13.6. The van der Waals surface area contributed by atoms with Crippen LogP contribution < -0.4 is 5.73 Å². The first-order chi connectivity index (χ1) is 8.46. The first-order valence-corrected chi connectivity index (χ1v) is 7.15. The summed E-state index contributed by atoms with van der Waals surface area (Å²) in [5, 5.41) is 0. The summed E-state index contributed by atoms with van der Waals surface area (Å²) in [7, 11) is -3.71. The Morgan fingerprint density at radius 2 is 1.83 bits per heavy atom. The molecule has 0 bridgehead atoms. The van der Waals surface area contributed by atoms with Crippen molar-refractivity contribution in [3.05, 3.63) is 35.4 Å². The van der Waals surface area contributed by atoms with Gasteiger partial charge >= 0.3 is 7.60 Å². The molecule has 0 radical (unpaired) electrons. The Hall–Kier alpha value is -0.810. The van der Waals surface area contributed by atoms with Crippen LogP contribution in [0.2, 0.25) is 0 Å². The van der Waals surface area contributed by atoms with Gasteiger partial charge in [0.2, 0.25) is 0 Å². The third kappa shape index (κ3) is 3.14. The zero-order valence-corrected chi connectivity index (χ0v) is 11.1. The van der Waals surface area contributed by atoms with Gasteiger partial charge in [-0.3, -0.25) is 4.57 Å². The summed E-state index contributed by atoms with van der Waals surface area (Å²) in [4.78, 5) is 0. The van der Waals surface area contributed by atoms with E-state index in [0.717, 1.165) is 6.07 Å². The molecule has 0 aromatic heterocycles. The van der Waals surface area contributed by atoms with E-state index in [9.17, 15) is 13.3 Å². The van der Waals surface area contributed by atoms with Gasteiger partial charge in [-0.2, -0.15) is 0 Å².